The lowest BCUT2D eigenvalue weighted by molar-refractivity contribution is 0.419. The summed E-state index contributed by atoms with van der Waals surface area (Å²) in [6, 6.07) is 13.8. The van der Waals surface area contributed by atoms with Crippen LogP contribution in [0, 0.1) is 0 Å². The third-order valence-electron chi connectivity index (χ3n) is 3.33. The van der Waals surface area contributed by atoms with Gasteiger partial charge in [-0.1, -0.05) is 38.4 Å². The standard InChI is InChI=1S/C16H11BrN4O2S/c1-22-11-3-2-4-12-13(11)18-16(24-12)19-15-21-20-14(23-15)9-5-7-10(17)8-6-9/h2-8H,1H3,(H,18,19,21). The van der Waals surface area contributed by atoms with Gasteiger partial charge < -0.3 is 9.15 Å². The number of thiazole rings is 1. The Labute approximate surface area is 149 Å². The number of nitrogens with zero attached hydrogens (tertiary/aromatic N) is 3. The van der Waals surface area contributed by atoms with Crippen molar-refractivity contribution < 1.29 is 9.15 Å². The van der Waals surface area contributed by atoms with Crippen LogP contribution < -0.4 is 10.1 Å². The predicted molar refractivity (Wildman–Crippen MR) is 96.9 cm³/mol. The molecule has 0 aliphatic rings. The van der Waals surface area contributed by atoms with Gasteiger partial charge in [-0.15, -0.1) is 5.10 Å². The maximum atomic E-state index is 5.65. The number of aromatic nitrogens is 3. The number of halogens is 1. The van der Waals surface area contributed by atoms with Crippen LogP contribution in [0.15, 0.2) is 51.4 Å². The minimum atomic E-state index is 0.297. The maximum absolute atomic E-state index is 5.65. The largest absolute Gasteiger partial charge is 0.494 e. The average molecular weight is 403 g/mol. The van der Waals surface area contributed by atoms with Gasteiger partial charge in [0.1, 0.15) is 11.3 Å². The van der Waals surface area contributed by atoms with Crippen LogP contribution in [-0.2, 0) is 0 Å². The number of hydrogen-bond donors (Lipinski definition) is 1. The molecule has 0 unspecified atom stereocenters. The Morgan fingerprint density at radius 2 is 1.96 bits per heavy atom. The van der Waals surface area contributed by atoms with Crippen LogP contribution >= 0.6 is 27.3 Å². The van der Waals surface area contributed by atoms with E-state index in [4.69, 9.17) is 9.15 Å². The molecule has 6 nitrogen and oxygen atoms in total. The quantitative estimate of drug-likeness (QED) is 0.525. The van der Waals surface area contributed by atoms with Gasteiger partial charge in [0, 0.05) is 10.0 Å². The Bertz CT molecular complexity index is 997. The fraction of sp³-hybridized carbons (Fsp3) is 0.0625. The second kappa shape index (κ2) is 6.21. The molecule has 0 aliphatic heterocycles. The summed E-state index contributed by atoms with van der Waals surface area (Å²) in [6.45, 7) is 0. The molecular formula is C16H11BrN4O2S. The zero-order valence-corrected chi connectivity index (χ0v) is 14.9. The van der Waals surface area contributed by atoms with Gasteiger partial charge in [0.05, 0.1) is 11.8 Å². The third-order valence-corrected chi connectivity index (χ3v) is 4.80. The highest BCUT2D eigenvalue weighted by Gasteiger charge is 2.12. The molecule has 0 aliphatic carbocycles. The van der Waals surface area contributed by atoms with E-state index in [2.05, 4.69) is 36.4 Å². The first-order chi connectivity index (χ1) is 11.7. The minimum absolute atomic E-state index is 0.297. The fourth-order valence-corrected chi connectivity index (χ4v) is 3.35. The highest BCUT2D eigenvalue weighted by atomic mass is 79.9. The highest BCUT2D eigenvalue weighted by Crippen LogP contribution is 2.33. The highest BCUT2D eigenvalue weighted by molar-refractivity contribution is 9.10. The van der Waals surface area contributed by atoms with E-state index in [1.807, 2.05) is 42.5 Å². The Kier molecular flexibility index (Phi) is 3.91. The molecule has 0 saturated heterocycles. The first-order valence-corrected chi connectivity index (χ1v) is 8.64. The maximum Gasteiger partial charge on any atom is 0.322 e. The first-order valence-electron chi connectivity index (χ1n) is 7.03. The average Bonchev–Trinajstić information content (AvgIpc) is 3.22. The summed E-state index contributed by atoms with van der Waals surface area (Å²) in [5.74, 6) is 1.18. The zero-order valence-electron chi connectivity index (χ0n) is 12.5. The van der Waals surface area contributed by atoms with Gasteiger partial charge in [0.25, 0.3) is 0 Å². The van der Waals surface area contributed by atoms with Crippen LogP contribution in [0.5, 0.6) is 5.75 Å². The van der Waals surface area contributed by atoms with E-state index in [-0.39, 0.29) is 0 Å². The van der Waals surface area contributed by atoms with Crippen LogP contribution in [0.25, 0.3) is 21.7 Å². The molecule has 0 atom stereocenters. The Balaban J connectivity index is 1.61. The molecule has 0 spiro atoms. The van der Waals surface area contributed by atoms with E-state index in [9.17, 15) is 0 Å². The summed E-state index contributed by atoms with van der Waals surface area (Å²) in [5.41, 5.74) is 1.66. The summed E-state index contributed by atoms with van der Waals surface area (Å²) in [4.78, 5) is 4.52. The number of para-hydroxylation sites is 1. The molecule has 0 saturated carbocycles. The monoisotopic (exact) mass is 402 g/mol. The molecule has 8 heteroatoms. The Morgan fingerprint density at radius 1 is 1.12 bits per heavy atom. The summed E-state index contributed by atoms with van der Waals surface area (Å²) in [5, 5.41) is 11.8. The molecule has 0 bridgehead atoms. The topological polar surface area (TPSA) is 73.1 Å². The number of hydrogen-bond acceptors (Lipinski definition) is 7. The molecular weight excluding hydrogens is 392 g/mol. The first kappa shape index (κ1) is 15.1. The van der Waals surface area contributed by atoms with Crippen LogP contribution in [-0.4, -0.2) is 22.3 Å². The fourth-order valence-electron chi connectivity index (χ4n) is 2.22. The lowest BCUT2D eigenvalue weighted by Gasteiger charge is -1.98. The SMILES string of the molecule is COc1cccc2sc(Nc3nnc(-c4ccc(Br)cc4)o3)nc12. The van der Waals surface area contributed by atoms with Gasteiger partial charge in [-0.2, -0.15) is 0 Å². The van der Waals surface area contributed by atoms with Gasteiger partial charge in [-0.3, -0.25) is 5.32 Å². The van der Waals surface area contributed by atoms with E-state index in [1.165, 1.54) is 11.3 Å². The van der Waals surface area contributed by atoms with E-state index >= 15 is 0 Å². The Morgan fingerprint density at radius 3 is 2.75 bits per heavy atom. The number of rotatable bonds is 4. The lowest BCUT2D eigenvalue weighted by atomic mass is 10.2. The molecule has 2 aromatic heterocycles. The van der Waals surface area contributed by atoms with Crippen molar-refractivity contribution in [3.8, 4) is 17.2 Å². The molecule has 0 amide bonds. The van der Waals surface area contributed by atoms with Crippen LogP contribution in [0.1, 0.15) is 0 Å². The van der Waals surface area contributed by atoms with Crippen LogP contribution in [0.3, 0.4) is 0 Å². The molecule has 0 radical (unpaired) electrons. The molecule has 24 heavy (non-hydrogen) atoms. The molecule has 0 fully saturated rings. The lowest BCUT2D eigenvalue weighted by Crippen LogP contribution is -1.89. The molecule has 2 aromatic carbocycles. The van der Waals surface area contributed by atoms with Crippen molar-refractivity contribution in [2.45, 2.75) is 0 Å². The van der Waals surface area contributed by atoms with Crippen molar-refractivity contribution in [1.29, 1.82) is 0 Å². The zero-order chi connectivity index (χ0) is 16.5. The number of ether oxygens (including phenoxy) is 1. The normalized spacial score (nSPS) is 10.9. The third kappa shape index (κ3) is 2.85. The second-order valence-corrected chi connectivity index (χ2v) is 6.82. The van der Waals surface area contributed by atoms with E-state index in [0.717, 1.165) is 26.0 Å². The van der Waals surface area contributed by atoms with Crippen molar-refractivity contribution in [2.75, 3.05) is 12.4 Å². The second-order valence-electron chi connectivity index (χ2n) is 4.87. The summed E-state index contributed by atoms with van der Waals surface area (Å²) in [6.07, 6.45) is 0. The van der Waals surface area contributed by atoms with Crippen molar-refractivity contribution in [1.82, 2.24) is 15.2 Å². The van der Waals surface area contributed by atoms with E-state index < -0.39 is 0 Å². The van der Waals surface area contributed by atoms with Crippen LogP contribution in [0.4, 0.5) is 11.1 Å². The minimum Gasteiger partial charge on any atom is -0.494 e. The van der Waals surface area contributed by atoms with Gasteiger partial charge in [0.2, 0.25) is 5.89 Å². The predicted octanol–water partition coefficient (Wildman–Crippen LogP) is 4.86. The van der Waals surface area contributed by atoms with Crippen molar-refractivity contribution >= 4 is 48.6 Å². The smallest absolute Gasteiger partial charge is 0.322 e. The summed E-state index contributed by atoms with van der Waals surface area (Å²) < 4.78 is 13.0. The summed E-state index contributed by atoms with van der Waals surface area (Å²) in [7, 11) is 1.63. The van der Waals surface area contributed by atoms with E-state index in [0.29, 0.717) is 17.0 Å². The number of benzene rings is 2. The van der Waals surface area contributed by atoms with Gasteiger partial charge in [0.15, 0.2) is 5.13 Å². The van der Waals surface area contributed by atoms with Gasteiger partial charge in [-0.25, -0.2) is 4.98 Å². The number of anilines is 2. The van der Waals surface area contributed by atoms with Gasteiger partial charge in [-0.05, 0) is 36.4 Å². The molecule has 120 valence electrons. The number of methoxy groups -OCH3 is 1. The molecule has 2 heterocycles. The summed E-state index contributed by atoms with van der Waals surface area (Å²) >= 11 is 4.89. The van der Waals surface area contributed by atoms with Gasteiger partial charge >= 0.3 is 6.01 Å². The van der Waals surface area contributed by atoms with Crippen molar-refractivity contribution in [3.63, 3.8) is 0 Å². The molecule has 4 rings (SSSR count). The number of fused-ring (bicyclic) bond motifs is 1. The molecule has 1 N–H and O–H groups in total. The van der Waals surface area contributed by atoms with Crippen molar-refractivity contribution in [3.05, 3.63) is 46.9 Å². The molecule has 4 aromatic rings. The van der Waals surface area contributed by atoms with Crippen molar-refractivity contribution in [2.24, 2.45) is 0 Å². The van der Waals surface area contributed by atoms with Crippen LogP contribution in [0.2, 0.25) is 0 Å². The Hall–Kier alpha value is -2.45. The van der Waals surface area contributed by atoms with E-state index in [1.54, 1.807) is 7.11 Å². The number of nitrogens with one attached hydrogen (secondary N) is 1.